The Balaban J connectivity index is 1.98. The van der Waals surface area contributed by atoms with E-state index in [1.165, 1.54) is 0 Å². The van der Waals surface area contributed by atoms with E-state index in [4.69, 9.17) is 10.00 Å². The number of hydrogen-bond acceptors (Lipinski definition) is 3. The zero-order valence-corrected chi connectivity index (χ0v) is 10.9. The number of carbonyl (C=O) groups is 1. The molecule has 100 valence electrons. The number of rotatable bonds is 5. The van der Waals surface area contributed by atoms with Gasteiger partial charge in [0.05, 0.1) is 18.8 Å². The number of benzene rings is 1. The predicted molar refractivity (Wildman–Crippen MR) is 69.1 cm³/mol. The molecule has 0 amide bonds. The average Bonchev–Trinajstić information content (AvgIpc) is 2.39. The van der Waals surface area contributed by atoms with E-state index < -0.39 is 11.4 Å². The second-order valence-electron chi connectivity index (χ2n) is 4.94. The van der Waals surface area contributed by atoms with Crippen LogP contribution < -0.4 is 0 Å². The minimum atomic E-state index is -1.25. The standard InChI is InChI=1S/C15H17NO3/c1-2-12-13(8-15(12,10-16)14(17)18)19-9-11-6-4-3-5-7-11/h3-7,12-13H,2,8-9H2,1H3,(H,17,18). The number of hydrogen-bond donors (Lipinski definition) is 1. The topological polar surface area (TPSA) is 70.3 Å². The van der Waals surface area contributed by atoms with Crippen LogP contribution in [0.1, 0.15) is 25.3 Å². The highest BCUT2D eigenvalue weighted by atomic mass is 16.5. The van der Waals surface area contributed by atoms with Gasteiger partial charge in [-0.2, -0.15) is 5.26 Å². The lowest BCUT2D eigenvalue weighted by atomic mass is 9.57. The summed E-state index contributed by atoms with van der Waals surface area (Å²) in [7, 11) is 0. The van der Waals surface area contributed by atoms with Crippen LogP contribution >= 0.6 is 0 Å². The van der Waals surface area contributed by atoms with Gasteiger partial charge in [-0.25, -0.2) is 0 Å². The molecule has 4 heteroatoms. The van der Waals surface area contributed by atoms with Crippen LogP contribution in [0.4, 0.5) is 0 Å². The Kier molecular flexibility index (Phi) is 3.87. The minimum Gasteiger partial charge on any atom is -0.480 e. The zero-order valence-electron chi connectivity index (χ0n) is 10.9. The normalized spacial score (nSPS) is 29.3. The second-order valence-corrected chi connectivity index (χ2v) is 4.94. The van der Waals surface area contributed by atoms with Crippen molar-refractivity contribution in [3.8, 4) is 6.07 Å². The van der Waals surface area contributed by atoms with Crippen LogP contribution in [0.15, 0.2) is 30.3 Å². The van der Waals surface area contributed by atoms with Gasteiger partial charge in [0.25, 0.3) is 0 Å². The molecule has 1 saturated carbocycles. The third-order valence-electron chi connectivity index (χ3n) is 3.93. The largest absolute Gasteiger partial charge is 0.480 e. The smallest absolute Gasteiger partial charge is 0.324 e. The molecule has 1 aliphatic carbocycles. The van der Waals surface area contributed by atoms with Gasteiger partial charge < -0.3 is 9.84 Å². The summed E-state index contributed by atoms with van der Waals surface area (Å²) < 4.78 is 5.76. The summed E-state index contributed by atoms with van der Waals surface area (Å²) in [6, 6.07) is 11.7. The van der Waals surface area contributed by atoms with Crippen molar-refractivity contribution in [2.75, 3.05) is 0 Å². The first-order valence-corrected chi connectivity index (χ1v) is 6.44. The van der Waals surface area contributed by atoms with Crippen LogP contribution in [0.25, 0.3) is 0 Å². The van der Waals surface area contributed by atoms with E-state index in [0.29, 0.717) is 13.0 Å². The highest BCUT2D eigenvalue weighted by molar-refractivity contribution is 5.80. The van der Waals surface area contributed by atoms with Crippen molar-refractivity contribution < 1.29 is 14.6 Å². The van der Waals surface area contributed by atoms with E-state index in [1.54, 1.807) is 0 Å². The Labute approximate surface area is 112 Å². The summed E-state index contributed by atoms with van der Waals surface area (Å²) in [6.45, 7) is 2.36. The molecule has 0 radical (unpaired) electrons. The second kappa shape index (κ2) is 5.41. The molecule has 19 heavy (non-hydrogen) atoms. The van der Waals surface area contributed by atoms with E-state index in [2.05, 4.69) is 0 Å². The molecule has 0 aliphatic heterocycles. The monoisotopic (exact) mass is 259 g/mol. The Morgan fingerprint density at radius 1 is 1.53 bits per heavy atom. The van der Waals surface area contributed by atoms with Crippen LogP contribution in [0.5, 0.6) is 0 Å². The van der Waals surface area contributed by atoms with E-state index in [0.717, 1.165) is 5.56 Å². The number of aliphatic carboxylic acids is 1. The predicted octanol–water partition coefficient (Wildman–Crippen LogP) is 2.60. The third kappa shape index (κ3) is 2.34. The van der Waals surface area contributed by atoms with Gasteiger partial charge in [-0.1, -0.05) is 37.3 Å². The number of nitriles is 1. The molecule has 0 aromatic heterocycles. The average molecular weight is 259 g/mol. The van der Waals surface area contributed by atoms with Crippen molar-refractivity contribution in [2.45, 2.75) is 32.5 Å². The highest BCUT2D eigenvalue weighted by Gasteiger charge is 2.59. The number of ether oxygens (including phenoxy) is 1. The molecule has 1 N–H and O–H groups in total. The molecule has 4 nitrogen and oxygen atoms in total. The van der Waals surface area contributed by atoms with Crippen LogP contribution in [0.3, 0.4) is 0 Å². The Morgan fingerprint density at radius 2 is 2.21 bits per heavy atom. The fourth-order valence-electron chi connectivity index (χ4n) is 2.75. The molecule has 1 aromatic carbocycles. The molecule has 0 heterocycles. The van der Waals surface area contributed by atoms with E-state index in [1.807, 2.05) is 43.3 Å². The Bertz CT molecular complexity index is 494. The SMILES string of the molecule is CCC1C(OCc2ccccc2)CC1(C#N)C(=O)O. The fraction of sp³-hybridized carbons (Fsp3) is 0.467. The molecular formula is C15H17NO3. The molecule has 1 aromatic rings. The lowest BCUT2D eigenvalue weighted by Crippen LogP contribution is -2.56. The number of nitrogens with zero attached hydrogens (tertiary/aromatic N) is 1. The first-order chi connectivity index (χ1) is 9.14. The van der Waals surface area contributed by atoms with Crippen molar-refractivity contribution in [1.82, 2.24) is 0 Å². The summed E-state index contributed by atoms with van der Waals surface area (Å²) >= 11 is 0. The summed E-state index contributed by atoms with van der Waals surface area (Å²) in [4.78, 5) is 11.2. The number of carboxylic acid groups (broad SMARTS) is 1. The molecule has 0 spiro atoms. The van der Waals surface area contributed by atoms with Crippen molar-refractivity contribution in [3.05, 3.63) is 35.9 Å². The van der Waals surface area contributed by atoms with Gasteiger partial charge in [0.15, 0.2) is 5.41 Å². The molecule has 0 bridgehead atoms. The van der Waals surface area contributed by atoms with Crippen molar-refractivity contribution in [2.24, 2.45) is 11.3 Å². The van der Waals surface area contributed by atoms with E-state index in [-0.39, 0.29) is 18.4 Å². The van der Waals surface area contributed by atoms with Gasteiger partial charge in [-0.15, -0.1) is 0 Å². The summed E-state index contributed by atoms with van der Waals surface area (Å²) in [5.74, 6) is -1.25. The molecule has 0 saturated heterocycles. The van der Waals surface area contributed by atoms with E-state index in [9.17, 15) is 9.90 Å². The van der Waals surface area contributed by atoms with Crippen LogP contribution in [-0.4, -0.2) is 17.2 Å². The first-order valence-electron chi connectivity index (χ1n) is 6.44. The van der Waals surface area contributed by atoms with Crippen LogP contribution in [0, 0.1) is 22.7 Å². The molecule has 3 atom stereocenters. The summed E-state index contributed by atoms with van der Waals surface area (Å²) in [6.07, 6.45) is 0.782. The third-order valence-corrected chi connectivity index (χ3v) is 3.93. The summed E-state index contributed by atoms with van der Waals surface area (Å²) in [5, 5.41) is 18.3. The van der Waals surface area contributed by atoms with Gasteiger partial charge in [0, 0.05) is 12.3 Å². The maximum atomic E-state index is 11.2. The van der Waals surface area contributed by atoms with Crippen molar-refractivity contribution in [1.29, 1.82) is 5.26 Å². The molecule has 2 rings (SSSR count). The van der Waals surface area contributed by atoms with Crippen LogP contribution in [-0.2, 0) is 16.1 Å². The molecule has 1 fully saturated rings. The van der Waals surface area contributed by atoms with E-state index >= 15 is 0 Å². The van der Waals surface area contributed by atoms with Gasteiger partial charge in [-0.05, 0) is 12.0 Å². The lowest BCUT2D eigenvalue weighted by Gasteiger charge is -2.47. The van der Waals surface area contributed by atoms with Crippen molar-refractivity contribution >= 4 is 5.97 Å². The van der Waals surface area contributed by atoms with Crippen LogP contribution in [0.2, 0.25) is 0 Å². The van der Waals surface area contributed by atoms with Gasteiger partial charge in [0.2, 0.25) is 0 Å². The Morgan fingerprint density at radius 3 is 2.74 bits per heavy atom. The maximum Gasteiger partial charge on any atom is 0.324 e. The molecule has 3 unspecified atom stereocenters. The Hall–Kier alpha value is -1.86. The minimum absolute atomic E-state index is 0.138. The first kappa shape index (κ1) is 13.6. The zero-order chi connectivity index (χ0) is 13.9. The maximum absolute atomic E-state index is 11.2. The van der Waals surface area contributed by atoms with Gasteiger partial charge >= 0.3 is 5.97 Å². The quantitative estimate of drug-likeness (QED) is 0.882. The fourth-order valence-corrected chi connectivity index (χ4v) is 2.75. The van der Waals surface area contributed by atoms with Crippen molar-refractivity contribution in [3.63, 3.8) is 0 Å². The van der Waals surface area contributed by atoms with Gasteiger partial charge in [-0.3, -0.25) is 4.79 Å². The highest BCUT2D eigenvalue weighted by Crippen LogP contribution is 2.50. The summed E-state index contributed by atoms with van der Waals surface area (Å²) in [5.41, 5.74) is -0.196. The van der Waals surface area contributed by atoms with Gasteiger partial charge in [0.1, 0.15) is 0 Å². The number of carboxylic acids is 1. The lowest BCUT2D eigenvalue weighted by molar-refractivity contribution is -0.176. The molecular weight excluding hydrogens is 242 g/mol. The molecule has 1 aliphatic rings.